The number of likely N-dealkylation sites (N-methyl/N-ethyl adjacent to an activating group) is 1. The van der Waals surface area contributed by atoms with Crippen LogP contribution in [-0.2, 0) is 19.1 Å². The number of hydrogen-bond acceptors (Lipinski definition) is 5. The molecule has 0 radical (unpaired) electrons. The van der Waals surface area contributed by atoms with Crippen molar-refractivity contribution >= 4 is 11.9 Å². The zero-order chi connectivity index (χ0) is 13.3. The number of rotatable bonds is 8. The molecule has 17 heavy (non-hydrogen) atoms. The molecule has 0 N–H and O–H groups in total. The van der Waals surface area contributed by atoms with Gasteiger partial charge in [-0.05, 0) is 26.8 Å². The summed E-state index contributed by atoms with van der Waals surface area (Å²) < 4.78 is 9.86. The first kappa shape index (κ1) is 15.9. The Morgan fingerprint density at radius 2 is 1.65 bits per heavy atom. The standard InChI is InChI=1S/C12H23NO4/c1-5-10(12(15)17-8-4)13(6-2)9-11(14)16-7-3/h10H,5-9H2,1-4H3. The van der Waals surface area contributed by atoms with Crippen LogP contribution in [0.1, 0.15) is 34.1 Å². The summed E-state index contributed by atoms with van der Waals surface area (Å²) in [5.74, 6) is -0.585. The Kier molecular flexibility index (Phi) is 8.40. The van der Waals surface area contributed by atoms with Crippen molar-refractivity contribution in [1.29, 1.82) is 0 Å². The van der Waals surface area contributed by atoms with Crippen molar-refractivity contribution in [2.75, 3.05) is 26.3 Å². The third kappa shape index (κ3) is 5.68. The molecule has 0 fully saturated rings. The van der Waals surface area contributed by atoms with E-state index >= 15 is 0 Å². The number of carbonyl (C=O) groups excluding carboxylic acids is 2. The molecule has 0 aliphatic rings. The second-order valence-corrected chi connectivity index (χ2v) is 3.54. The predicted molar refractivity (Wildman–Crippen MR) is 64.6 cm³/mol. The highest BCUT2D eigenvalue weighted by Crippen LogP contribution is 2.07. The molecule has 0 aliphatic carbocycles. The zero-order valence-corrected chi connectivity index (χ0v) is 11.2. The third-order valence-electron chi connectivity index (χ3n) is 2.43. The lowest BCUT2D eigenvalue weighted by Gasteiger charge is -2.27. The maximum atomic E-state index is 11.7. The average molecular weight is 245 g/mol. The fraction of sp³-hybridized carbons (Fsp3) is 0.833. The van der Waals surface area contributed by atoms with Gasteiger partial charge in [-0.2, -0.15) is 0 Å². The molecule has 0 spiro atoms. The Balaban J connectivity index is 4.47. The van der Waals surface area contributed by atoms with Crippen LogP contribution >= 0.6 is 0 Å². The maximum Gasteiger partial charge on any atom is 0.323 e. The van der Waals surface area contributed by atoms with E-state index in [0.717, 1.165) is 0 Å². The molecule has 0 saturated heterocycles. The van der Waals surface area contributed by atoms with E-state index in [1.165, 1.54) is 0 Å². The normalized spacial score (nSPS) is 12.3. The minimum absolute atomic E-state index is 0.127. The summed E-state index contributed by atoms with van der Waals surface area (Å²) >= 11 is 0. The zero-order valence-electron chi connectivity index (χ0n) is 11.2. The van der Waals surface area contributed by atoms with Crippen molar-refractivity contribution in [3.05, 3.63) is 0 Å². The van der Waals surface area contributed by atoms with Gasteiger partial charge < -0.3 is 9.47 Å². The van der Waals surface area contributed by atoms with Gasteiger partial charge in [0.15, 0.2) is 0 Å². The van der Waals surface area contributed by atoms with Crippen LogP contribution in [0.15, 0.2) is 0 Å². The van der Waals surface area contributed by atoms with E-state index in [-0.39, 0.29) is 24.5 Å². The summed E-state index contributed by atoms with van der Waals surface area (Å²) in [6.45, 7) is 8.77. The Bertz CT molecular complexity index is 243. The quantitative estimate of drug-likeness (QED) is 0.602. The molecule has 1 unspecified atom stereocenters. The van der Waals surface area contributed by atoms with Crippen molar-refractivity contribution in [3.63, 3.8) is 0 Å². The lowest BCUT2D eigenvalue weighted by Crippen LogP contribution is -2.44. The van der Waals surface area contributed by atoms with Crippen molar-refractivity contribution in [3.8, 4) is 0 Å². The summed E-state index contributed by atoms with van der Waals surface area (Å²) in [5.41, 5.74) is 0. The monoisotopic (exact) mass is 245 g/mol. The van der Waals surface area contributed by atoms with Crippen LogP contribution in [0.5, 0.6) is 0 Å². The molecule has 5 nitrogen and oxygen atoms in total. The molecule has 0 aromatic rings. The van der Waals surface area contributed by atoms with Gasteiger partial charge in [-0.25, -0.2) is 0 Å². The van der Waals surface area contributed by atoms with Gasteiger partial charge in [0, 0.05) is 0 Å². The molecule has 5 heteroatoms. The van der Waals surface area contributed by atoms with E-state index in [9.17, 15) is 9.59 Å². The predicted octanol–water partition coefficient (Wildman–Crippen LogP) is 1.21. The lowest BCUT2D eigenvalue weighted by molar-refractivity contribution is -0.152. The van der Waals surface area contributed by atoms with E-state index in [0.29, 0.717) is 26.2 Å². The largest absolute Gasteiger partial charge is 0.465 e. The van der Waals surface area contributed by atoms with E-state index in [2.05, 4.69) is 0 Å². The molecule has 1 atom stereocenters. The van der Waals surface area contributed by atoms with Crippen LogP contribution in [0.25, 0.3) is 0 Å². The van der Waals surface area contributed by atoms with Gasteiger partial charge in [0.05, 0.1) is 19.8 Å². The van der Waals surface area contributed by atoms with Gasteiger partial charge >= 0.3 is 11.9 Å². The van der Waals surface area contributed by atoms with E-state index in [1.54, 1.807) is 18.7 Å². The first-order chi connectivity index (χ1) is 8.10. The molecular weight excluding hydrogens is 222 g/mol. The number of nitrogens with zero attached hydrogens (tertiary/aromatic N) is 1. The smallest absolute Gasteiger partial charge is 0.323 e. The van der Waals surface area contributed by atoms with E-state index in [1.807, 2.05) is 13.8 Å². The molecule has 0 rings (SSSR count). The summed E-state index contributed by atoms with van der Waals surface area (Å²) in [6, 6.07) is -0.371. The van der Waals surface area contributed by atoms with Crippen LogP contribution in [0.3, 0.4) is 0 Å². The first-order valence-electron chi connectivity index (χ1n) is 6.16. The van der Waals surface area contributed by atoms with Gasteiger partial charge in [-0.3, -0.25) is 14.5 Å². The molecule has 0 aromatic heterocycles. The summed E-state index contributed by atoms with van der Waals surface area (Å²) in [7, 11) is 0. The molecule has 0 heterocycles. The molecule has 0 amide bonds. The number of esters is 2. The van der Waals surface area contributed by atoms with Crippen molar-refractivity contribution in [2.24, 2.45) is 0 Å². The number of hydrogen-bond donors (Lipinski definition) is 0. The molecule has 0 aromatic carbocycles. The van der Waals surface area contributed by atoms with Crippen LogP contribution in [-0.4, -0.2) is 49.2 Å². The molecule has 0 aliphatic heterocycles. The lowest BCUT2D eigenvalue weighted by atomic mass is 10.2. The molecule has 0 bridgehead atoms. The molecule has 100 valence electrons. The number of ether oxygens (including phenoxy) is 2. The van der Waals surface area contributed by atoms with Gasteiger partial charge in [0.1, 0.15) is 6.04 Å². The minimum Gasteiger partial charge on any atom is -0.465 e. The second-order valence-electron chi connectivity index (χ2n) is 3.54. The summed E-state index contributed by atoms with van der Waals surface area (Å²) in [5, 5.41) is 0. The Hall–Kier alpha value is -1.10. The van der Waals surface area contributed by atoms with Crippen molar-refractivity contribution in [2.45, 2.75) is 40.2 Å². The summed E-state index contributed by atoms with van der Waals surface area (Å²) in [6.07, 6.45) is 0.617. The van der Waals surface area contributed by atoms with Crippen molar-refractivity contribution < 1.29 is 19.1 Å². The van der Waals surface area contributed by atoms with Gasteiger partial charge in [-0.1, -0.05) is 13.8 Å². The SMILES string of the molecule is CCOC(=O)CN(CC)C(CC)C(=O)OCC. The summed E-state index contributed by atoms with van der Waals surface area (Å²) in [4.78, 5) is 24.9. The van der Waals surface area contributed by atoms with Crippen LogP contribution in [0, 0.1) is 0 Å². The van der Waals surface area contributed by atoms with Crippen LogP contribution in [0.4, 0.5) is 0 Å². The van der Waals surface area contributed by atoms with Gasteiger partial charge in [0.25, 0.3) is 0 Å². The topological polar surface area (TPSA) is 55.8 Å². The van der Waals surface area contributed by atoms with Crippen LogP contribution < -0.4 is 0 Å². The van der Waals surface area contributed by atoms with Gasteiger partial charge in [-0.15, -0.1) is 0 Å². The molecular formula is C12H23NO4. The van der Waals surface area contributed by atoms with Gasteiger partial charge in [0.2, 0.25) is 0 Å². The minimum atomic E-state index is -0.371. The maximum absolute atomic E-state index is 11.7. The Labute approximate surface area is 103 Å². The van der Waals surface area contributed by atoms with Crippen molar-refractivity contribution in [1.82, 2.24) is 4.90 Å². The molecule has 0 saturated carbocycles. The Morgan fingerprint density at radius 1 is 1.06 bits per heavy atom. The van der Waals surface area contributed by atoms with E-state index < -0.39 is 0 Å². The third-order valence-corrected chi connectivity index (χ3v) is 2.43. The highest BCUT2D eigenvalue weighted by molar-refractivity contribution is 5.77. The fourth-order valence-electron chi connectivity index (χ4n) is 1.63. The van der Waals surface area contributed by atoms with Crippen LogP contribution in [0.2, 0.25) is 0 Å². The highest BCUT2D eigenvalue weighted by atomic mass is 16.5. The second kappa shape index (κ2) is 8.98. The highest BCUT2D eigenvalue weighted by Gasteiger charge is 2.26. The first-order valence-corrected chi connectivity index (χ1v) is 6.16. The van der Waals surface area contributed by atoms with E-state index in [4.69, 9.17) is 9.47 Å². The fourth-order valence-corrected chi connectivity index (χ4v) is 1.63. The average Bonchev–Trinajstić information content (AvgIpc) is 2.29. The number of carbonyl (C=O) groups is 2. The Morgan fingerprint density at radius 3 is 2.06 bits per heavy atom.